The number of carbonyl (C=O) groups is 1. The molecular formula is C26H24Cl2N6O2. The minimum Gasteiger partial charge on any atom is -0.508 e. The Kier molecular flexibility index (Phi) is 5.93. The lowest BCUT2D eigenvalue weighted by Crippen LogP contribution is -2.45. The summed E-state index contributed by atoms with van der Waals surface area (Å²) >= 11 is 12.4. The van der Waals surface area contributed by atoms with Crippen molar-refractivity contribution in [2.75, 3.05) is 18.4 Å². The van der Waals surface area contributed by atoms with E-state index in [0.29, 0.717) is 45.2 Å². The molecule has 2 fully saturated rings. The highest BCUT2D eigenvalue weighted by molar-refractivity contribution is 6.42. The Balaban J connectivity index is 1.35. The number of amides is 1. The molecule has 3 heterocycles. The minimum atomic E-state index is 0.0785. The average molecular weight is 523 g/mol. The molecule has 36 heavy (non-hydrogen) atoms. The van der Waals surface area contributed by atoms with Crippen molar-refractivity contribution >= 4 is 46.1 Å². The van der Waals surface area contributed by atoms with Gasteiger partial charge in [0.15, 0.2) is 0 Å². The number of halogens is 2. The minimum absolute atomic E-state index is 0.0785. The SMILES string of the molecule is O=C(C1CC1)N1CCC[C@H](Nc2nccc(-n3c(-c4ccc(Cl)c(Cl)c4)nc4ccc(O)cc43)n2)C1. The van der Waals surface area contributed by atoms with Crippen LogP contribution in [0.3, 0.4) is 0 Å². The Morgan fingerprint density at radius 2 is 1.89 bits per heavy atom. The molecule has 1 aliphatic heterocycles. The fourth-order valence-electron chi connectivity index (χ4n) is 4.73. The monoisotopic (exact) mass is 522 g/mol. The van der Waals surface area contributed by atoms with E-state index in [4.69, 9.17) is 33.2 Å². The quantitative estimate of drug-likeness (QED) is 0.368. The van der Waals surface area contributed by atoms with Gasteiger partial charge in [0.2, 0.25) is 11.9 Å². The van der Waals surface area contributed by atoms with E-state index in [2.05, 4.69) is 10.3 Å². The molecule has 6 rings (SSSR count). The van der Waals surface area contributed by atoms with Crippen molar-refractivity contribution in [2.24, 2.45) is 5.92 Å². The fraction of sp³-hybridized carbons (Fsp3) is 0.308. The maximum Gasteiger partial charge on any atom is 0.225 e. The Morgan fingerprint density at radius 3 is 2.69 bits per heavy atom. The normalized spacial score (nSPS) is 17.9. The number of piperidine rings is 1. The second kappa shape index (κ2) is 9.26. The van der Waals surface area contributed by atoms with Gasteiger partial charge in [-0.15, -0.1) is 0 Å². The number of phenols is 1. The van der Waals surface area contributed by atoms with Crippen LogP contribution in [0.1, 0.15) is 25.7 Å². The second-order valence-corrected chi connectivity index (χ2v) is 10.2. The van der Waals surface area contributed by atoms with Crippen LogP contribution in [0.25, 0.3) is 28.2 Å². The van der Waals surface area contributed by atoms with Crippen LogP contribution in [0, 0.1) is 5.92 Å². The highest BCUT2D eigenvalue weighted by Gasteiger charge is 2.35. The third kappa shape index (κ3) is 4.47. The molecule has 1 saturated heterocycles. The summed E-state index contributed by atoms with van der Waals surface area (Å²) in [7, 11) is 0. The summed E-state index contributed by atoms with van der Waals surface area (Å²) in [6.07, 6.45) is 5.59. The van der Waals surface area contributed by atoms with Gasteiger partial charge in [0, 0.05) is 42.9 Å². The number of nitrogens with one attached hydrogen (secondary N) is 1. The summed E-state index contributed by atoms with van der Waals surface area (Å²) in [5.41, 5.74) is 2.15. The first kappa shape index (κ1) is 23.1. The Bertz CT molecular complexity index is 1470. The van der Waals surface area contributed by atoms with Gasteiger partial charge in [-0.05, 0) is 62.1 Å². The van der Waals surface area contributed by atoms with E-state index < -0.39 is 0 Å². The molecule has 2 N–H and O–H groups in total. The van der Waals surface area contributed by atoms with E-state index in [-0.39, 0.29) is 23.6 Å². The van der Waals surface area contributed by atoms with E-state index in [1.807, 2.05) is 15.5 Å². The van der Waals surface area contributed by atoms with Crippen molar-refractivity contribution in [2.45, 2.75) is 31.7 Å². The van der Waals surface area contributed by atoms with Gasteiger partial charge in [0.1, 0.15) is 17.4 Å². The number of nitrogens with zero attached hydrogens (tertiary/aromatic N) is 5. The number of aromatic hydroxyl groups is 1. The molecule has 0 spiro atoms. The van der Waals surface area contributed by atoms with Gasteiger partial charge in [-0.25, -0.2) is 9.97 Å². The second-order valence-electron chi connectivity index (χ2n) is 9.35. The topological polar surface area (TPSA) is 96.2 Å². The molecule has 0 radical (unpaired) electrons. The van der Waals surface area contributed by atoms with Gasteiger partial charge >= 0.3 is 0 Å². The summed E-state index contributed by atoms with van der Waals surface area (Å²) in [6, 6.07) is 12.2. The summed E-state index contributed by atoms with van der Waals surface area (Å²) in [5, 5.41) is 14.5. The first-order valence-corrected chi connectivity index (χ1v) is 12.8. The van der Waals surface area contributed by atoms with Crippen molar-refractivity contribution in [1.29, 1.82) is 0 Å². The van der Waals surface area contributed by atoms with Crippen LogP contribution in [0.5, 0.6) is 5.75 Å². The molecule has 1 aliphatic carbocycles. The zero-order valence-corrected chi connectivity index (χ0v) is 20.9. The number of phenolic OH excluding ortho intramolecular Hbond substituents is 1. The highest BCUT2D eigenvalue weighted by Crippen LogP contribution is 2.34. The number of hydrogen-bond acceptors (Lipinski definition) is 6. The zero-order chi connectivity index (χ0) is 24.8. The lowest BCUT2D eigenvalue weighted by atomic mass is 10.1. The highest BCUT2D eigenvalue weighted by atomic mass is 35.5. The maximum atomic E-state index is 12.6. The number of imidazole rings is 1. The van der Waals surface area contributed by atoms with Crippen molar-refractivity contribution in [3.05, 3.63) is 58.7 Å². The lowest BCUT2D eigenvalue weighted by molar-refractivity contribution is -0.133. The van der Waals surface area contributed by atoms with Crippen LogP contribution in [-0.2, 0) is 4.79 Å². The van der Waals surface area contributed by atoms with Crippen molar-refractivity contribution in [3.8, 4) is 23.0 Å². The third-order valence-electron chi connectivity index (χ3n) is 6.68. The van der Waals surface area contributed by atoms with Crippen LogP contribution in [0.4, 0.5) is 5.95 Å². The number of likely N-dealkylation sites (tertiary alicyclic amines) is 1. The number of rotatable bonds is 5. The van der Waals surface area contributed by atoms with Gasteiger partial charge in [-0.1, -0.05) is 23.2 Å². The molecular weight excluding hydrogens is 499 g/mol. The van der Waals surface area contributed by atoms with Crippen LogP contribution >= 0.6 is 23.2 Å². The third-order valence-corrected chi connectivity index (χ3v) is 7.42. The molecule has 8 nitrogen and oxygen atoms in total. The van der Waals surface area contributed by atoms with E-state index in [0.717, 1.165) is 37.8 Å². The molecule has 10 heteroatoms. The molecule has 1 atom stereocenters. The fourth-order valence-corrected chi connectivity index (χ4v) is 5.03. The number of fused-ring (bicyclic) bond motifs is 1. The van der Waals surface area contributed by atoms with Crippen LogP contribution in [0.2, 0.25) is 10.0 Å². The molecule has 1 amide bonds. The first-order chi connectivity index (χ1) is 17.5. The zero-order valence-electron chi connectivity index (χ0n) is 19.4. The Hall–Kier alpha value is -3.36. The Morgan fingerprint density at radius 1 is 1.03 bits per heavy atom. The van der Waals surface area contributed by atoms with Gasteiger partial charge in [-0.3, -0.25) is 9.36 Å². The molecule has 2 aromatic heterocycles. The number of anilines is 1. The number of aromatic nitrogens is 4. The van der Waals surface area contributed by atoms with Crippen molar-refractivity contribution in [1.82, 2.24) is 24.4 Å². The molecule has 0 bridgehead atoms. The lowest BCUT2D eigenvalue weighted by Gasteiger charge is -2.33. The van der Waals surface area contributed by atoms with Crippen LogP contribution in [-0.4, -0.2) is 54.6 Å². The van der Waals surface area contributed by atoms with E-state index in [1.165, 1.54) is 0 Å². The predicted molar refractivity (Wildman–Crippen MR) is 140 cm³/mol. The molecule has 184 valence electrons. The summed E-state index contributed by atoms with van der Waals surface area (Å²) in [4.78, 5) is 28.5. The van der Waals surface area contributed by atoms with E-state index >= 15 is 0 Å². The van der Waals surface area contributed by atoms with Crippen LogP contribution < -0.4 is 5.32 Å². The average Bonchev–Trinajstić information content (AvgIpc) is 3.66. The first-order valence-electron chi connectivity index (χ1n) is 12.0. The molecule has 2 aromatic carbocycles. The summed E-state index contributed by atoms with van der Waals surface area (Å²) in [6.45, 7) is 1.46. The molecule has 0 unspecified atom stereocenters. The van der Waals surface area contributed by atoms with Gasteiger partial charge < -0.3 is 15.3 Å². The molecule has 4 aromatic rings. The van der Waals surface area contributed by atoms with E-state index in [9.17, 15) is 9.90 Å². The van der Waals surface area contributed by atoms with Gasteiger partial charge in [-0.2, -0.15) is 4.98 Å². The maximum absolute atomic E-state index is 12.6. The Labute approximate surface area is 217 Å². The number of benzene rings is 2. The smallest absolute Gasteiger partial charge is 0.225 e. The summed E-state index contributed by atoms with van der Waals surface area (Å²) < 4.78 is 1.87. The molecule has 2 aliphatic rings. The van der Waals surface area contributed by atoms with Gasteiger partial charge in [0.25, 0.3) is 0 Å². The molecule has 1 saturated carbocycles. The summed E-state index contributed by atoms with van der Waals surface area (Å²) in [5.74, 6) is 2.28. The standard InChI is InChI=1S/C26H24Cl2N6O2/c27-19-7-5-16(12-20(19)28)24-31-21-8-6-18(35)13-22(21)34(24)23-9-10-29-26(32-23)30-17-2-1-11-33(14-17)25(36)15-3-4-15/h5-10,12-13,15,17,35H,1-4,11,14H2,(H,29,30,32)/t17-/m0/s1. The largest absolute Gasteiger partial charge is 0.508 e. The predicted octanol–water partition coefficient (Wildman–Crippen LogP) is 5.31. The van der Waals surface area contributed by atoms with Crippen molar-refractivity contribution in [3.63, 3.8) is 0 Å². The van der Waals surface area contributed by atoms with E-state index in [1.54, 1.807) is 42.6 Å². The number of hydrogen-bond donors (Lipinski definition) is 2. The van der Waals surface area contributed by atoms with Gasteiger partial charge in [0.05, 0.1) is 21.1 Å². The van der Waals surface area contributed by atoms with Crippen molar-refractivity contribution < 1.29 is 9.90 Å². The van der Waals surface area contributed by atoms with Crippen LogP contribution in [0.15, 0.2) is 48.7 Å². The number of carbonyl (C=O) groups excluding carboxylic acids is 1.